The van der Waals surface area contributed by atoms with Crippen LogP contribution in [0.5, 0.6) is 0 Å². The maximum absolute atomic E-state index is 12.0. The van der Waals surface area contributed by atoms with Gasteiger partial charge in [-0.3, -0.25) is 0 Å². The van der Waals surface area contributed by atoms with Crippen LogP contribution in [0.2, 0.25) is 5.02 Å². The van der Waals surface area contributed by atoms with Crippen LogP contribution >= 0.6 is 11.6 Å². The summed E-state index contributed by atoms with van der Waals surface area (Å²) in [7, 11) is -3.56. The summed E-state index contributed by atoms with van der Waals surface area (Å²) in [5, 5.41) is 8.87. The maximum Gasteiger partial charge on any atom is 0.335 e. The summed E-state index contributed by atoms with van der Waals surface area (Å²) in [4.78, 5) is 10.7. The zero-order valence-corrected chi connectivity index (χ0v) is 11.2. The SMILES string of the molecule is C=CCCCS(=O)(=O)c1cc(C(=O)O)ccc1Cl. The smallest absolute Gasteiger partial charge is 0.335 e. The van der Waals surface area contributed by atoms with Gasteiger partial charge in [0.25, 0.3) is 0 Å². The molecule has 0 spiro atoms. The maximum atomic E-state index is 12.0. The van der Waals surface area contributed by atoms with Crippen molar-refractivity contribution in [1.29, 1.82) is 0 Å². The standard InChI is InChI=1S/C12H13ClO4S/c1-2-3-4-7-18(16,17)11-8-9(12(14)15)5-6-10(11)13/h2,5-6,8H,1,3-4,7H2,(H,14,15). The average Bonchev–Trinajstić information content (AvgIpc) is 2.29. The predicted molar refractivity (Wildman–Crippen MR) is 69.9 cm³/mol. The van der Waals surface area contributed by atoms with Crippen LogP contribution in [0.25, 0.3) is 0 Å². The molecule has 18 heavy (non-hydrogen) atoms. The van der Waals surface area contributed by atoms with E-state index in [0.29, 0.717) is 12.8 Å². The Labute approximate surface area is 111 Å². The highest BCUT2D eigenvalue weighted by Gasteiger charge is 2.19. The summed E-state index contributed by atoms with van der Waals surface area (Å²) in [6, 6.07) is 3.65. The number of benzene rings is 1. The molecule has 98 valence electrons. The first-order valence-corrected chi connectivity index (χ1v) is 7.28. The molecule has 6 heteroatoms. The van der Waals surface area contributed by atoms with Crippen molar-refractivity contribution in [3.63, 3.8) is 0 Å². The molecule has 0 saturated heterocycles. The first-order valence-electron chi connectivity index (χ1n) is 5.25. The second kappa shape index (κ2) is 6.02. The summed E-state index contributed by atoms with van der Waals surface area (Å²) >= 11 is 5.81. The molecule has 0 bridgehead atoms. The first-order chi connectivity index (χ1) is 8.38. The number of unbranched alkanes of at least 4 members (excludes halogenated alkanes) is 1. The number of carbonyl (C=O) groups is 1. The van der Waals surface area contributed by atoms with Gasteiger partial charge in [-0.25, -0.2) is 13.2 Å². The molecule has 4 nitrogen and oxygen atoms in total. The van der Waals surface area contributed by atoms with Gasteiger partial charge >= 0.3 is 5.97 Å². The van der Waals surface area contributed by atoms with Gasteiger partial charge in [0.05, 0.1) is 21.2 Å². The predicted octanol–water partition coefficient (Wildman–Crippen LogP) is 2.78. The molecule has 1 rings (SSSR count). The molecule has 0 aliphatic rings. The van der Waals surface area contributed by atoms with Gasteiger partial charge in [-0.15, -0.1) is 6.58 Å². The van der Waals surface area contributed by atoms with Crippen LogP contribution in [-0.2, 0) is 9.84 Å². The average molecular weight is 289 g/mol. The molecule has 0 unspecified atom stereocenters. The molecular weight excluding hydrogens is 276 g/mol. The van der Waals surface area contributed by atoms with Crippen LogP contribution in [0.1, 0.15) is 23.2 Å². The zero-order valence-electron chi connectivity index (χ0n) is 9.60. The fourth-order valence-electron chi connectivity index (χ4n) is 1.40. The van der Waals surface area contributed by atoms with E-state index < -0.39 is 15.8 Å². The van der Waals surface area contributed by atoms with Crippen molar-refractivity contribution in [2.75, 3.05) is 5.75 Å². The zero-order chi connectivity index (χ0) is 13.8. The van der Waals surface area contributed by atoms with Gasteiger partial charge in [0.1, 0.15) is 0 Å². The molecule has 0 atom stereocenters. The number of aromatic carboxylic acids is 1. The van der Waals surface area contributed by atoms with E-state index in [4.69, 9.17) is 16.7 Å². The Morgan fingerprint density at radius 3 is 2.67 bits per heavy atom. The molecule has 0 fully saturated rings. The minimum Gasteiger partial charge on any atom is -0.478 e. The van der Waals surface area contributed by atoms with Crippen LogP contribution in [-0.4, -0.2) is 25.2 Å². The van der Waals surface area contributed by atoms with E-state index in [0.717, 1.165) is 6.07 Å². The number of rotatable bonds is 6. The molecule has 0 radical (unpaired) electrons. The van der Waals surface area contributed by atoms with Gasteiger partial charge in [0, 0.05) is 0 Å². The van der Waals surface area contributed by atoms with Crippen molar-refractivity contribution < 1.29 is 18.3 Å². The monoisotopic (exact) mass is 288 g/mol. The van der Waals surface area contributed by atoms with Crippen molar-refractivity contribution in [3.8, 4) is 0 Å². The van der Waals surface area contributed by atoms with Crippen LogP contribution in [0, 0.1) is 0 Å². The second-order valence-corrected chi connectivity index (χ2v) is 6.18. The van der Waals surface area contributed by atoms with Gasteiger partial charge < -0.3 is 5.11 Å². The van der Waals surface area contributed by atoms with E-state index in [1.807, 2.05) is 0 Å². The normalized spacial score (nSPS) is 11.2. The largest absolute Gasteiger partial charge is 0.478 e. The minimum absolute atomic E-state index is 0.0404. The van der Waals surface area contributed by atoms with Crippen LogP contribution in [0.15, 0.2) is 35.7 Å². The third-order valence-corrected chi connectivity index (χ3v) is 4.61. The van der Waals surface area contributed by atoms with E-state index in [-0.39, 0.29) is 21.2 Å². The highest BCUT2D eigenvalue weighted by atomic mass is 35.5. The van der Waals surface area contributed by atoms with Crippen molar-refractivity contribution in [2.24, 2.45) is 0 Å². The fourth-order valence-corrected chi connectivity index (χ4v) is 3.31. The number of hydrogen-bond donors (Lipinski definition) is 1. The van der Waals surface area contributed by atoms with Crippen molar-refractivity contribution in [2.45, 2.75) is 17.7 Å². The summed E-state index contributed by atoms with van der Waals surface area (Å²) < 4.78 is 24.0. The number of hydrogen-bond acceptors (Lipinski definition) is 3. The molecule has 0 aromatic heterocycles. The summed E-state index contributed by atoms with van der Waals surface area (Å²) in [5.74, 6) is -1.27. The Morgan fingerprint density at radius 2 is 2.11 bits per heavy atom. The van der Waals surface area contributed by atoms with Crippen molar-refractivity contribution in [3.05, 3.63) is 41.4 Å². The molecule has 0 heterocycles. The lowest BCUT2D eigenvalue weighted by Crippen LogP contribution is -2.09. The lowest BCUT2D eigenvalue weighted by atomic mass is 10.2. The van der Waals surface area contributed by atoms with Gasteiger partial charge in [-0.2, -0.15) is 0 Å². The quantitative estimate of drug-likeness (QED) is 0.645. The van der Waals surface area contributed by atoms with Crippen molar-refractivity contribution >= 4 is 27.4 Å². The topological polar surface area (TPSA) is 71.4 Å². The number of halogens is 1. The number of sulfone groups is 1. The van der Waals surface area contributed by atoms with Gasteiger partial charge in [0.2, 0.25) is 0 Å². The van der Waals surface area contributed by atoms with E-state index in [1.54, 1.807) is 6.08 Å². The van der Waals surface area contributed by atoms with Crippen LogP contribution in [0.3, 0.4) is 0 Å². The molecule has 0 aliphatic heterocycles. The Morgan fingerprint density at radius 1 is 1.44 bits per heavy atom. The summed E-state index contributed by atoms with van der Waals surface area (Å²) in [6.45, 7) is 3.51. The Balaban J connectivity index is 3.10. The lowest BCUT2D eigenvalue weighted by molar-refractivity contribution is 0.0696. The molecule has 1 aromatic carbocycles. The minimum atomic E-state index is -3.56. The molecule has 1 N–H and O–H groups in total. The summed E-state index contributed by atoms with van der Waals surface area (Å²) in [5.41, 5.74) is -0.0957. The Hall–Kier alpha value is -1.33. The molecular formula is C12H13ClO4S. The molecule has 0 aliphatic carbocycles. The fraction of sp³-hybridized carbons (Fsp3) is 0.250. The third kappa shape index (κ3) is 3.58. The Kier molecular flexibility index (Phi) is 4.93. The van der Waals surface area contributed by atoms with E-state index in [2.05, 4.69) is 6.58 Å². The van der Waals surface area contributed by atoms with Crippen LogP contribution < -0.4 is 0 Å². The molecule has 0 amide bonds. The van der Waals surface area contributed by atoms with Gasteiger partial charge in [-0.05, 0) is 31.0 Å². The highest BCUT2D eigenvalue weighted by molar-refractivity contribution is 7.91. The van der Waals surface area contributed by atoms with Crippen molar-refractivity contribution in [1.82, 2.24) is 0 Å². The lowest BCUT2D eigenvalue weighted by Gasteiger charge is -2.07. The third-order valence-electron chi connectivity index (χ3n) is 2.33. The number of carboxylic acids is 1. The van der Waals surface area contributed by atoms with E-state index in [9.17, 15) is 13.2 Å². The van der Waals surface area contributed by atoms with E-state index in [1.165, 1.54) is 12.1 Å². The number of carboxylic acid groups (broad SMARTS) is 1. The molecule has 0 saturated carbocycles. The van der Waals surface area contributed by atoms with Gasteiger partial charge in [-0.1, -0.05) is 17.7 Å². The Bertz CT molecular complexity index is 563. The van der Waals surface area contributed by atoms with E-state index >= 15 is 0 Å². The molecule has 1 aromatic rings. The van der Waals surface area contributed by atoms with Gasteiger partial charge in [0.15, 0.2) is 9.84 Å². The van der Waals surface area contributed by atoms with Crippen LogP contribution in [0.4, 0.5) is 0 Å². The number of allylic oxidation sites excluding steroid dienone is 1. The summed E-state index contributed by atoms with van der Waals surface area (Å²) in [6.07, 6.45) is 2.64. The second-order valence-electron chi connectivity index (χ2n) is 3.70. The first kappa shape index (κ1) is 14.7. The highest BCUT2D eigenvalue weighted by Crippen LogP contribution is 2.24.